The molecule has 4 nitrogen and oxygen atoms in total. The molecule has 3 atom stereocenters. The van der Waals surface area contributed by atoms with Crippen molar-refractivity contribution in [3.05, 3.63) is 71.4 Å². The van der Waals surface area contributed by atoms with Crippen LogP contribution in [0.25, 0.3) is 10.9 Å². The first kappa shape index (κ1) is 18.4. The second-order valence-electron chi connectivity index (χ2n) is 8.71. The maximum atomic E-state index is 13.9. The van der Waals surface area contributed by atoms with Gasteiger partial charge in [0.25, 0.3) is 5.91 Å². The number of aromatic nitrogens is 1. The van der Waals surface area contributed by atoms with Crippen molar-refractivity contribution in [3.63, 3.8) is 0 Å². The van der Waals surface area contributed by atoms with Gasteiger partial charge in [0.15, 0.2) is 0 Å². The summed E-state index contributed by atoms with van der Waals surface area (Å²) in [6, 6.07) is 17.0. The third-order valence-electron chi connectivity index (χ3n) is 7.08. The van der Waals surface area contributed by atoms with Gasteiger partial charge in [-0.2, -0.15) is 0 Å². The quantitative estimate of drug-likeness (QED) is 0.672. The number of benzene rings is 2. The van der Waals surface area contributed by atoms with Crippen LogP contribution >= 0.6 is 0 Å². The lowest BCUT2D eigenvalue weighted by Crippen LogP contribution is -2.36. The smallest absolute Gasteiger partial charge is 0.256 e. The van der Waals surface area contributed by atoms with Gasteiger partial charge in [-0.3, -0.25) is 4.79 Å². The average molecular weight is 388 g/mol. The van der Waals surface area contributed by atoms with Crippen molar-refractivity contribution in [2.75, 3.05) is 26.2 Å². The van der Waals surface area contributed by atoms with Crippen LogP contribution in [0.5, 0.6) is 0 Å². The number of fused-ring (bicyclic) bond motifs is 2. The Labute approximate surface area is 172 Å². The molecule has 2 fully saturated rings. The molecule has 0 radical (unpaired) electrons. The van der Waals surface area contributed by atoms with E-state index in [1.54, 1.807) is 0 Å². The van der Waals surface area contributed by atoms with Gasteiger partial charge in [0, 0.05) is 49.7 Å². The predicted octanol–water partition coefficient (Wildman–Crippen LogP) is 4.25. The number of hydrogen-bond donors (Lipinski definition) is 0. The summed E-state index contributed by atoms with van der Waals surface area (Å²) in [4.78, 5) is 18.6. The number of hydrogen-bond acceptors (Lipinski definition) is 2. The number of rotatable bonds is 3. The zero-order valence-electron chi connectivity index (χ0n) is 17.5. The Hall–Kier alpha value is -2.59. The fourth-order valence-corrected chi connectivity index (χ4v) is 5.59. The molecule has 150 valence electrons. The average Bonchev–Trinajstić information content (AvgIpc) is 3.39. The van der Waals surface area contributed by atoms with Crippen molar-refractivity contribution >= 4 is 16.8 Å². The standard InChI is InChI=1S/C25H29N3O/c1-4-27-13-18-14-28(24(21(18)16-27)19-10-6-5-9-17(19)2)25(29)22-15-26(3)23-12-8-7-11-20(22)23/h5-12,15,18,21,24H,4,13-14,16H2,1-3H3/t18-,21-,24+/m0/s1. The van der Waals surface area contributed by atoms with E-state index in [-0.39, 0.29) is 11.9 Å². The number of amides is 1. The molecule has 3 aromatic rings. The molecule has 4 heteroatoms. The third kappa shape index (κ3) is 2.89. The molecular weight excluding hydrogens is 358 g/mol. The second-order valence-corrected chi connectivity index (χ2v) is 8.71. The van der Waals surface area contributed by atoms with Gasteiger partial charge >= 0.3 is 0 Å². The molecule has 0 aliphatic carbocycles. The molecule has 0 N–H and O–H groups in total. The third-order valence-corrected chi connectivity index (χ3v) is 7.08. The van der Waals surface area contributed by atoms with Crippen LogP contribution in [-0.2, 0) is 7.05 Å². The number of carbonyl (C=O) groups is 1. The number of likely N-dealkylation sites (tertiary alicyclic amines) is 2. The minimum Gasteiger partial charge on any atom is -0.350 e. The van der Waals surface area contributed by atoms with E-state index in [4.69, 9.17) is 0 Å². The van der Waals surface area contributed by atoms with Crippen LogP contribution in [0.15, 0.2) is 54.7 Å². The molecule has 0 saturated carbocycles. The van der Waals surface area contributed by atoms with E-state index in [1.165, 1.54) is 11.1 Å². The Kier molecular flexibility index (Phi) is 4.47. The normalized spacial score (nSPS) is 24.4. The van der Waals surface area contributed by atoms with Crippen LogP contribution in [0.2, 0.25) is 0 Å². The lowest BCUT2D eigenvalue weighted by atomic mass is 9.87. The zero-order valence-corrected chi connectivity index (χ0v) is 17.5. The molecule has 1 aromatic heterocycles. The van der Waals surface area contributed by atoms with Gasteiger partial charge in [-0.25, -0.2) is 0 Å². The summed E-state index contributed by atoms with van der Waals surface area (Å²) < 4.78 is 2.07. The van der Waals surface area contributed by atoms with Gasteiger partial charge < -0.3 is 14.4 Å². The van der Waals surface area contributed by atoms with Crippen LogP contribution in [0.1, 0.15) is 34.5 Å². The Morgan fingerprint density at radius 3 is 2.59 bits per heavy atom. The first-order valence-corrected chi connectivity index (χ1v) is 10.7. The fraction of sp³-hybridized carbons (Fsp3) is 0.400. The predicted molar refractivity (Wildman–Crippen MR) is 117 cm³/mol. The van der Waals surface area contributed by atoms with E-state index in [0.29, 0.717) is 11.8 Å². The molecule has 2 aliphatic heterocycles. The van der Waals surface area contributed by atoms with Gasteiger partial charge in [0.2, 0.25) is 0 Å². The Morgan fingerprint density at radius 1 is 1.03 bits per heavy atom. The van der Waals surface area contributed by atoms with E-state index >= 15 is 0 Å². The lowest BCUT2D eigenvalue weighted by Gasteiger charge is -2.30. The minimum atomic E-state index is 0.157. The van der Waals surface area contributed by atoms with E-state index in [2.05, 4.69) is 64.6 Å². The monoisotopic (exact) mass is 387 g/mol. The Bertz CT molecular complexity index is 1070. The molecule has 29 heavy (non-hydrogen) atoms. The summed E-state index contributed by atoms with van der Waals surface area (Å²) in [5.74, 6) is 1.24. The topological polar surface area (TPSA) is 28.5 Å². The number of nitrogens with zero attached hydrogens (tertiary/aromatic N) is 3. The maximum Gasteiger partial charge on any atom is 0.256 e. The largest absolute Gasteiger partial charge is 0.350 e. The minimum absolute atomic E-state index is 0.157. The first-order valence-electron chi connectivity index (χ1n) is 10.7. The molecule has 1 amide bonds. The second kappa shape index (κ2) is 7.03. The Morgan fingerprint density at radius 2 is 1.79 bits per heavy atom. The first-order chi connectivity index (χ1) is 14.1. The van der Waals surface area contributed by atoms with Gasteiger partial charge in [-0.15, -0.1) is 0 Å². The van der Waals surface area contributed by atoms with Gasteiger partial charge in [-0.1, -0.05) is 49.4 Å². The van der Waals surface area contributed by atoms with Crippen molar-refractivity contribution in [2.24, 2.45) is 18.9 Å². The molecule has 3 heterocycles. The summed E-state index contributed by atoms with van der Waals surface area (Å²) in [7, 11) is 2.02. The summed E-state index contributed by atoms with van der Waals surface area (Å²) in [6.45, 7) is 8.54. The van der Waals surface area contributed by atoms with Crippen LogP contribution in [0.3, 0.4) is 0 Å². The highest BCUT2D eigenvalue weighted by atomic mass is 16.2. The van der Waals surface area contributed by atoms with Crippen molar-refractivity contribution in [1.29, 1.82) is 0 Å². The highest BCUT2D eigenvalue weighted by molar-refractivity contribution is 6.07. The van der Waals surface area contributed by atoms with Crippen LogP contribution in [0.4, 0.5) is 0 Å². The molecular formula is C25H29N3O. The van der Waals surface area contributed by atoms with E-state index in [9.17, 15) is 4.79 Å². The van der Waals surface area contributed by atoms with Crippen molar-refractivity contribution in [2.45, 2.75) is 19.9 Å². The summed E-state index contributed by atoms with van der Waals surface area (Å²) >= 11 is 0. The van der Waals surface area contributed by atoms with E-state index < -0.39 is 0 Å². The molecule has 0 unspecified atom stereocenters. The number of aryl methyl sites for hydroxylation is 2. The highest BCUT2D eigenvalue weighted by Crippen LogP contribution is 2.46. The van der Waals surface area contributed by atoms with E-state index in [0.717, 1.165) is 42.6 Å². The maximum absolute atomic E-state index is 13.9. The fourth-order valence-electron chi connectivity index (χ4n) is 5.59. The van der Waals surface area contributed by atoms with Gasteiger partial charge in [-0.05, 0) is 36.6 Å². The zero-order chi connectivity index (χ0) is 20.1. The SMILES string of the molecule is CCN1C[C@H]2CN(C(=O)c3cn(C)c4ccccc34)[C@H](c3ccccc3C)[C@H]2C1. The van der Waals surface area contributed by atoms with Crippen molar-refractivity contribution in [1.82, 2.24) is 14.4 Å². The number of para-hydroxylation sites is 1. The molecule has 0 spiro atoms. The summed E-state index contributed by atoms with van der Waals surface area (Å²) in [6.07, 6.45) is 2.01. The van der Waals surface area contributed by atoms with Gasteiger partial charge in [0.1, 0.15) is 0 Å². The van der Waals surface area contributed by atoms with Crippen LogP contribution in [0, 0.1) is 18.8 Å². The summed E-state index contributed by atoms with van der Waals surface area (Å²) in [5.41, 5.74) is 4.53. The molecule has 2 aromatic carbocycles. The molecule has 5 rings (SSSR count). The van der Waals surface area contributed by atoms with E-state index in [1.807, 2.05) is 25.4 Å². The number of carbonyl (C=O) groups excluding carboxylic acids is 1. The van der Waals surface area contributed by atoms with Crippen molar-refractivity contribution < 1.29 is 4.79 Å². The molecule has 2 saturated heterocycles. The Balaban J connectivity index is 1.58. The van der Waals surface area contributed by atoms with Gasteiger partial charge in [0.05, 0.1) is 11.6 Å². The highest BCUT2D eigenvalue weighted by Gasteiger charge is 2.49. The lowest BCUT2D eigenvalue weighted by molar-refractivity contribution is 0.0703. The van der Waals surface area contributed by atoms with Crippen LogP contribution in [-0.4, -0.2) is 46.5 Å². The van der Waals surface area contributed by atoms with Crippen LogP contribution < -0.4 is 0 Å². The molecule has 0 bridgehead atoms. The summed E-state index contributed by atoms with van der Waals surface area (Å²) in [5, 5.41) is 1.05. The van der Waals surface area contributed by atoms with Crippen molar-refractivity contribution in [3.8, 4) is 0 Å². The molecule has 2 aliphatic rings.